The molecule has 102 valence electrons. The monoisotopic (exact) mass is 281 g/mol. The van der Waals surface area contributed by atoms with Gasteiger partial charge in [-0.3, -0.25) is 4.79 Å². The summed E-state index contributed by atoms with van der Waals surface area (Å²) in [6.07, 6.45) is 0.580. The van der Waals surface area contributed by atoms with Gasteiger partial charge in [-0.15, -0.1) is 11.6 Å². The van der Waals surface area contributed by atoms with Gasteiger partial charge in [-0.25, -0.2) is 4.98 Å². The lowest BCUT2D eigenvalue weighted by Crippen LogP contribution is -2.25. The Bertz CT molecular complexity index is 609. The van der Waals surface area contributed by atoms with Gasteiger partial charge in [-0.2, -0.15) is 0 Å². The van der Waals surface area contributed by atoms with Crippen molar-refractivity contribution < 1.29 is 9.53 Å². The Hall–Kier alpha value is -1.75. The number of benzene rings is 1. The van der Waals surface area contributed by atoms with Gasteiger partial charge in [0, 0.05) is 18.4 Å². The van der Waals surface area contributed by atoms with Gasteiger partial charge in [-0.05, 0) is 19.1 Å². The zero-order valence-electron chi connectivity index (χ0n) is 10.9. The number of alkyl halides is 1. The van der Waals surface area contributed by atoms with Gasteiger partial charge in [0.15, 0.2) is 0 Å². The fourth-order valence-electron chi connectivity index (χ4n) is 2.07. The third-order valence-corrected chi connectivity index (χ3v) is 3.28. The van der Waals surface area contributed by atoms with E-state index in [9.17, 15) is 4.79 Å². The van der Waals surface area contributed by atoms with Gasteiger partial charge in [0.1, 0.15) is 17.6 Å². The predicted molar refractivity (Wildman–Crippen MR) is 74.6 cm³/mol. The standard InChI is InChI=1S/C13H16ClN3O2/c1-8(13(15)18)17-11-7-9(19-2)3-4-10(11)16-12(17)5-6-14/h3-4,7-8H,5-6H2,1-2H3,(H2,15,18). The van der Waals surface area contributed by atoms with Gasteiger partial charge in [0.2, 0.25) is 5.91 Å². The Balaban J connectivity index is 2.66. The highest BCUT2D eigenvalue weighted by atomic mass is 35.5. The van der Waals surface area contributed by atoms with Gasteiger partial charge in [0.25, 0.3) is 0 Å². The van der Waals surface area contributed by atoms with E-state index in [2.05, 4.69) is 4.98 Å². The van der Waals surface area contributed by atoms with Crippen LogP contribution in [0.2, 0.25) is 0 Å². The first-order valence-corrected chi connectivity index (χ1v) is 6.52. The van der Waals surface area contributed by atoms with Gasteiger partial charge >= 0.3 is 0 Å². The van der Waals surface area contributed by atoms with E-state index in [0.717, 1.165) is 16.9 Å². The van der Waals surface area contributed by atoms with Gasteiger partial charge in [0.05, 0.1) is 18.1 Å². The molecule has 6 heteroatoms. The zero-order chi connectivity index (χ0) is 14.0. The molecule has 0 saturated carbocycles. The molecule has 0 fully saturated rings. The number of hydrogen-bond acceptors (Lipinski definition) is 3. The molecule has 1 amide bonds. The van der Waals surface area contributed by atoms with E-state index < -0.39 is 11.9 Å². The van der Waals surface area contributed by atoms with Crippen molar-refractivity contribution in [2.24, 2.45) is 5.73 Å². The molecule has 1 atom stereocenters. The summed E-state index contributed by atoms with van der Waals surface area (Å²) in [7, 11) is 1.60. The van der Waals surface area contributed by atoms with Crippen LogP contribution in [-0.4, -0.2) is 28.4 Å². The number of imidazole rings is 1. The summed E-state index contributed by atoms with van der Waals surface area (Å²) >= 11 is 5.78. The number of carbonyl (C=O) groups excluding carboxylic acids is 1. The second-order valence-electron chi connectivity index (χ2n) is 4.27. The summed E-state index contributed by atoms with van der Waals surface area (Å²) < 4.78 is 7.03. The summed E-state index contributed by atoms with van der Waals surface area (Å²) in [6, 6.07) is 5.06. The normalized spacial score (nSPS) is 12.6. The largest absolute Gasteiger partial charge is 0.497 e. The van der Waals surface area contributed by atoms with Crippen molar-refractivity contribution in [3.05, 3.63) is 24.0 Å². The molecule has 1 unspecified atom stereocenters. The van der Waals surface area contributed by atoms with E-state index in [1.807, 2.05) is 22.8 Å². The van der Waals surface area contributed by atoms with E-state index >= 15 is 0 Å². The molecule has 1 heterocycles. The maximum absolute atomic E-state index is 11.5. The van der Waals surface area contributed by atoms with Crippen molar-refractivity contribution in [1.29, 1.82) is 0 Å². The maximum Gasteiger partial charge on any atom is 0.240 e. The summed E-state index contributed by atoms with van der Waals surface area (Å²) in [5.41, 5.74) is 7.03. The number of fused-ring (bicyclic) bond motifs is 1. The highest BCUT2D eigenvalue weighted by molar-refractivity contribution is 6.17. The number of amides is 1. The van der Waals surface area contributed by atoms with Crippen LogP contribution in [-0.2, 0) is 11.2 Å². The van der Waals surface area contributed by atoms with Crippen LogP contribution in [0.5, 0.6) is 5.75 Å². The molecule has 2 rings (SSSR count). The smallest absolute Gasteiger partial charge is 0.240 e. The second kappa shape index (κ2) is 5.48. The van der Waals surface area contributed by atoms with Crippen molar-refractivity contribution in [2.75, 3.05) is 13.0 Å². The van der Waals surface area contributed by atoms with E-state index in [1.165, 1.54) is 0 Å². The number of methoxy groups -OCH3 is 1. The third kappa shape index (κ3) is 2.51. The van der Waals surface area contributed by atoms with Crippen LogP contribution in [0.25, 0.3) is 11.0 Å². The molecule has 0 saturated heterocycles. The molecule has 0 bridgehead atoms. The molecule has 5 nitrogen and oxygen atoms in total. The average Bonchev–Trinajstić information content (AvgIpc) is 2.75. The van der Waals surface area contributed by atoms with E-state index in [4.69, 9.17) is 22.1 Å². The number of hydrogen-bond donors (Lipinski definition) is 1. The molecule has 2 N–H and O–H groups in total. The minimum absolute atomic E-state index is 0.405. The molecule has 0 spiro atoms. The van der Waals surface area contributed by atoms with Crippen molar-refractivity contribution in [3.63, 3.8) is 0 Å². The summed E-state index contributed by atoms with van der Waals surface area (Å²) in [6.45, 7) is 1.75. The van der Waals surface area contributed by atoms with Crippen LogP contribution in [0.1, 0.15) is 18.8 Å². The Morgan fingerprint density at radius 3 is 2.89 bits per heavy atom. The molecule has 1 aromatic heterocycles. The Morgan fingerprint density at radius 1 is 1.58 bits per heavy atom. The number of ether oxygens (including phenoxy) is 1. The Kier molecular flexibility index (Phi) is 3.95. The fourth-order valence-corrected chi connectivity index (χ4v) is 2.24. The molecule has 0 aliphatic carbocycles. The quantitative estimate of drug-likeness (QED) is 0.851. The summed E-state index contributed by atoms with van der Waals surface area (Å²) in [5, 5.41) is 0. The van der Waals surface area contributed by atoms with Gasteiger partial charge < -0.3 is 15.0 Å². The highest BCUT2D eigenvalue weighted by Crippen LogP contribution is 2.25. The van der Waals surface area contributed by atoms with Gasteiger partial charge in [-0.1, -0.05) is 0 Å². The number of halogens is 1. The van der Waals surface area contributed by atoms with Crippen molar-refractivity contribution in [2.45, 2.75) is 19.4 Å². The van der Waals surface area contributed by atoms with Crippen LogP contribution in [0.4, 0.5) is 0 Å². The van der Waals surface area contributed by atoms with Crippen molar-refractivity contribution in [3.8, 4) is 5.75 Å². The third-order valence-electron chi connectivity index (χ3n) is 3.09. The number of aryl methyl sites for hydroxylation is 1. The Morgan fingerprint density at radius 2 is 2.32 bits per heavy atom. The predicted octanol–water partition coefficient (Wildman–Crippen LogP) is 1.87. The SMILES string of the molecule is COc1ccc2nc(CCCl)n(C(C)C(N)=O)c2c1. The molecule has 0 radical (unpaired) electrons. The molecule has 0 aliphatic rings. The topological polar surface area (TPSA) is 70.1 Å². The molecular formula is C13H16ClN3O2. The number of aromatic nitrogens is 2. The molecule has 19 heavy (non-hydrogen) atoms. The lowest BCUT2D eigenvalue weighted by molar-refractivity contribution is -0.120. The lowest BCUT2D eigenvalue weighted by atomic mass is 10.2. The Labute approximate surface area is 116 Å². The minimum atomic E-state index is -0.477. The van der Waals surface area contributed by atoms with Crippen molar-refractivity contribution in [1.82, 2.24) is 9.55 Å². The highest BCUT2D eigenvalue weighted by Gasteiger charge is 2.19. The minimum Gasteiger partial charge on any atom is -0.497 e. The molecular weight excluding hydrogens is 266 g/mol. The first-order chi connectivity index (χ1) is 9.08. The van der Waals surface area contributed by atoms with Crippen LogP contribution in [0.3, 0.4) is 0 Å². The van der Waals surface area contributed by atoms with Crippen LogP contribution >= 0.6 is 11.6 Å². The summed E-state index contributed by atoms with van der Waals surface area (Å²) in [5.74, 6) is 1.50. The summed E-state index contributed by atoms with van der Waals surface area (Å²) in [4.78, 5) is 16.0. The molecule has 1 aromatic carbocycles. The number of nitrogens with two attached hydrogens (primary N) is 1. The van der Waals surface area contributed by atoms with Crippen LogP contribution in [0, 0.1) is 0 Å². The maximum atomic E-state index is 11.5. The van der Waals surface area contributed by atoms with E-state index in [0.29, 0.717) is 18.1 Å². The van der Waals surface area contributed by atoms with Crippen LogP contribution in [0.15, 0.2) is 18.2 Å². The number of rotatable bonds is 5. The van der Waals surface area contributed by atoms with Crippen molar-refractivity contribution >= 4 is 28.5 Å². The number of nitrogens with zero attached hydrogens (tertiary/aromatic N) is 2. The average molecular weight is 282 g/mol. The first-order valence-electron chi connectivity index (χ1n) is 5.98. The van der Waals surface area contributed by atoms with E-state index in [1.54, 1.807) is 14.0 Å². The van der Waals surface area contributed by atoms with Crippen LogP contribution < -0.4 is 10.5 Å². The second-order valence-corrected chi connectivity index (χ2v) is 4.65. The first kappa shape index (κ1) is 13.7. The fraction of sp³-hybridized carbons (Fsp3) is 0.385. The molecule has 0 aliphatic heterocycles. The van der Waals surface area contributed by atoms with E-state index in [-0.39, 0.29) is 0 Å². The number of primary amides is 1. The zero-order valence-corrected chi connectivity index (χ0v) is 11.6. The lowest BCUT2D eigenvalue weighted by Gasteiger charge is -2.14. The number of carbonyl (C=O) groups is 1. The molecule has 2 aromatic rings.